The molecule has 252 valence electrons. The minimum Gasteiger partial charge on any atom is -0.449 e. The summed E-state index contributed by atoms with van der Waals surface area (Å²) >= 11 is 0. The Labute approximate surface area is 273 Å². The first kappa shape index (κ1) is 33.3. The number of carbonyl (C=O) groups excluding carboxylic acids is 1. The van der Waals surface area contributed by atoms with E-state index in [2.05, 4.69) is 37.3 Å². The number of rotatable bonds is 7. The molecule has 0 radical (unpaired) electrons. The number of ether oxygens (including phenoxy) is 1. The molecule has 1 heterocycles. The number of carbonyl (C=O) groups is 1. The zero-order valence-corrected chi connectivity index (χ0v) is 28.9. The highest BCUT2D eigenvalue weighted by molar-refractivity contribution is 7.83. The normalized spacial score (nSPS) is 41.2. The van der Waals surface area contributed by atoms with Gasteiger partial charge in [0.1, 0.15) is 0 Å². The fourth-order valence-electron chi connectivity index (χ4n) is 11.5. The van der Waals surface area contributed by atoms with Crippen molar-refractivity contribution < 1.29 is 24.0 Å². The first-order chi connectivity index (χ1) is 21.6. The number of nitrogens with one attached hydrogen (secondary N) is 1. The van der Waals surface area contributed by atoms with Gasteiger partial charge in [-0.25, -0.2) is 13.7 Å². The summed E-state index contributed by atoms with van der Waals surface area (Å²) in [5.41, 5.74) is 1.44. The summed E-state index contributed by atoms with van der Waals surface area (Å²) in [5.74, 6) is 2.53. The zero-order valence-electron chi connectivity index (χ0n) is 28.1. The Morgan fingerprint density at radius 1 is 0.978 bits per heavy atom. The smallest absolute Gasteiger partial charge is 0.419 e. The Hall–Kier alpha value is -1.64. The summed E-state index contributed by atoms with van der Waals surface area (Å²) in [7, 11) is -1.67. The summed E-state index contributed by atoms with van der Waals surface area (Å²) in [6.45, 7) is 11.7. The average Bonchev–Trinajstić information content (AvgIpc) is 3.18. The van der Waals surface area contributed by atoms with E-state index in [-0.39, 0.29) is 34.9 Å². The highest BCUT2D eigenvalue weighted by Gasteiger charge is 2.64. The van der Waals surface area contributed by atoms with E-state index >= 15 is 0 Å². The molecule has 0 bridgehead atoms. The lowest BCUT2D eigenvalue weighted by molar-refractivity contribution is -0.203. The zero-order chi connectivity index (χ0) is 31.9. The van der Waals surface area contributed by atoms with Crippen molar-refractivity contribution in [2.75, 3.05) is 24.6 Å². The molecule has 0 spiro atoms. The minimum absolute atomic E-state index is 0.106. The molecule has 1 aromatic carbocycles. The molecule has 6 rings (SSSR count). The van der Waals surface area contributed by atoms with Gasteiger partial charge in [0.25, 0.3) is 0 Å². The number of nitrogens with zero attached hydrogens (tertiary/aromatic N) is 1. The van der Waals surface area contributed by atoms with Crippen LogP contribution in [0, 0.1) is 52.3 Å². The van der Waals surface area contributed by atoms with E-state index < -0.39 is 17.1 Å². The number of hydrogen-bond acceptors (Lipinski definition) is 6. The van der Waals surface area contributed by atoms with Gasteiger partial charge in [-0.3, -0.25) is 0 Å². The van der Waals surface area contributed by atoms with E-state index in [9.17, 15) is 19.2 Å². The van der Waals surface area contributed by atoms with Gasteiger partial charge in [0.2, 0.25) is 0 Å². The molecule has 1 amide bonds. The molecule has 8 heteroatoms. The Balaban J connectivity index is 1.05. The Kier molecular flexibility index (Phi) is 9.95. The summed E-state index contributed by atoms with van der Waals surface area (Å²) < 4.78 is 21.2. The van der Waals surface area contributed by atoms with Crippen molar-refractivity contribution in [3.63, 3.8) is 0 Å². The molecule has 45 heavy (non-hydrogen) atoms. The molecule has 1 saturated heterocycles. The minimum atomic E-state index is -1.67. The van der Waals surface area contributed by atoms with Gasteiger partial charge in [0, 0.05) is 18.8 Å². The van der Waals surface area contributed by atoms with Gasteiger partial charge < -0.3 is 19.8 Å². The van der Waals surface area contributed by atoms with E-state index in [1.54, 1.807) is 0 Å². The second-order valence-electron chi connectivity index (χ2n) is 16.0. The standard InChI is InChI=1S/C37H58N2O5S/c1-5-28-32-22-26(40)16-18-37(32,4)31-17-19-36(3)29(14-15-30(36)33(31)34(28)41)24(2)23-44-35(42)38-45(43)27-12-10-25(11-13-27)39-20-8-6-7-9-21-39/h10-13,24,26,28-34,40-41H,5-9,14-23H2,1-4H3,(H,38,42)/t24-,26-,28-,29-,30+,31+,32?,33-,34-,36?,37?,45?/m1/s1. The molecule has 12 atom stereocenters. The number of fused-ring (bicyclic) bond motifs is 5. The number of hydrogen-bond donors (Lipinski definition) is 3. The number of amides is 1. The maximum atomic E-state index is 12.9. The number of benzene rings is 1. The fourth-order valence-corrected chi connectivity index (χ4v) is 12.2. The Morgan fingerprint density at radius 3 is 2.33 bits per heavy atom. The molecular weight excluding hydrogens is 584 g/mol. The van der Waals surface area contributed by atoms with Crippen LogP contribution in [0.1, 0.15) is 105 Å². The van der Waals surface area contributed by atoms with Crippen LogP contribution in [-0.2, 0) is 15.7 Å². The van der Waals surface area contributed by atoms with Crippen LogP contribution < -0.4 is 9.62 Å². The number of aliphatic hydroxyl groups excluding tert-OH is 2. The summed E-state index contributed by atoms with van der Waals surface area (Å²) in [6.07, 6.45) is 12.0. The van der Waals surface area contributed by atoms with Crippen LogP contribution in [0.25, 0.3) is 0 Å². The van der Waals surface area contributed by atoms with E-state index in [1.165, 1.54) is 25.7 Å². The Morgan fingerprint density at radius 2 is 1.64 bits per heavy atom. The van der Waals surface area contributed by atoms with Gasteiger partial charge in [-0.05, 0) is 134 Å². The monoisotopic (exact) mass is 642 g/mol. The van der Waals surface area contributed by atoms with Gasteiger partial charge in [-0.2, -0.15) is 0 Å². The lowest BCUT2D eigenvalue weighted by atomic mass is 9.41. The molecule has 4 unspecified atom stereocenters. The van der Waals surface area contributed by atoms with Crippen molar-refractivity contribution in [1.82, 2.24) is 4.72 Å². The molecular formula is C37H58N2O5S. The van der Waals surface area contributed by atoms with E-state index in [4.69, 9.17) is 4.74 Å². The molecule has 3 N–H and O–H groups in total. The van der Waals surface area contributed by atoms with Crippen LogP contribution in [0.4, 0.5) is 10.5 Å². The largest absolute Gasteiger partial charge is 0.449 e. The van der Waals surface area contributed by atoms with Crippen LogP contribution in [0.3, 0.4) is 0 Å². The lowest BCUT2D eigenvalue weighted by Gasteiger charge is -2.64. The average molecular weight is 643 g/mol. The topological polar surface area (TPSA) is 99.1 Å². The second kappa shape index (κ2) is 13.5. The van der Waals surface area contributed by atoms with Gasteiger partial charge >= 0.3 is 6.09 Å². The first-order valence-electron chi connectivity index (χ1n) is 18.1. The highest BCUT2D eigenvalue weighted by Crippen LogP contribution is 2.69. The lowest BCUT2D eigenvalue weighted by Crippen LogP contribution is -2.62. The van der Waals surface area contributed by atoms with Gasteiger partial charge in [-0.15, -0.1) is 0 Å². The summed E-state index contributed by atoms with van der Waals surface area (Å²) in [5, 5.41) is 22.5. The predicted octanol–water partition coefficient (Wildman–Crippen LogP) is 7.08. The predicted molar refractivity (Wildman–Crippen MR) is 179 cm³/mol. The molecule has 1 aliphatic heterocycles. The third-order valence-electron chi connectivity index (χ3n) is 13.8. The van der Waals surface area contributed by atoms with Crippen molar-refractivity contribution in [3.8, 4) is 0 Å². The van der Waals surface area contributed by atoms with E-state index in [0.29, 0.717) is 41.1 Å². The van der Waals surface area contributed by atoms with E-state index in [1.807, 2.05) is 24.3 Å². The maximum Gasteiger partial charge on any atom is 0.419 e. The van der Waals surface area contributed by atoms with Crippen LogP contribution in [0.15, 0.2) is 29.2 Å². The fraction of sp³-hybridized carbons (Fsp3) is 0.811. The first-order valence-corrected chi connectivity index (χ1v) is 19.3. The van der Waals surface area contributed by atoms with Crippen molar-refractivity contribution in [2.24, 2.45) is 52.3 Å². The molecule has 7 nitrogen and oxygen atoms in total. The molecule has 5 aliphatic rings. The number of anilines is 1. The van der Waals surface area contributed by atoms with Crippen LogP contribution in [0.5, 0.6) is 0 Å². The summed E-state index contributed by atoms with van der Waals surface area (Å²) in [4.78, 5) is 15.7. The van der Waals surface area contributed by atoms with Gasteiger partial charge in [-0.1, -0.05) is 47.0 Å². The van der Waals surface area contributed by atoms with Crippen LogP contribution in [-0.4, -0.2) is 52.4 Å². The molecule has 0 aromatic heterocycles. The SMILES string of the molecule is CC[C@@H]1C2C[C@H](O)CCC2(C)[C@H]2CCC3(C)[C@@H]([C@H](C)COC(=O)NS(=O)c4ccc(N5CCCCCC5)cc4)CC[C@H]3[C@H]2[C@@H]1O. The molecule has 4 aliphatic carbocycles. The molecule has 5 fully saturated rings. The molecule has 1 aromatic rings. The van der Waals surface area contributed by atoms with Crippen LogP contribution in [0.2, 0.25) is 0 Å². The van der Waals surface area contributed by atoms with Gasteiger partial charge in [0.05, 0.1) is 23.7 Å². The van der Waals surface area contributed by atoms with Gasteiger partial charge in [0.15, 0.2) is 11.0 Å². The van der Waals surface area contributed by atoms with E-state index in [0.717, 1.165) is 70.1 Å². The van der Waals surface area contributed by atoms with Crippen molar-refractivity contribution in [3.05, 3.63) is 24.3 Å². The quantitative estimate of drug-likeness (QED) is 0.294. The van der Waals surface area contributed by atoms with Crippen molar-refractivity contribution in [2.45, 2.75) is 122 Å². The van der Waals surface area contributed by atoms with Crippen molar-refractivity contribution >= 4 is 22.8 Å². The van der Waals surface area contributed by atoms with Crippen LogP contribution >= 0.6 is 0 Å². The summed E-state index contributed by atoms with van der Waals surface area (Å²) in [6, 6.07) is 7.69. The third kappa shape index (κ3) is 6.22. The third-order valence-corrected chi connectivity index (χ3v) is 14.9. The molecule has 4 saturated carbocycles. The number of aliphatic hydroxyl groups is 2. The highest BCUT2D eigenvalue weighted by atomic mass is 32.2. The second-order valence-corrected chi connectivity index (χ2v) is 17.2. The Bertz CT molecular complexity index is 1200. The maximum absolute atomic E-state index is 12.9. The van der Waals surface area contributed by atoms with Crippen molar-refractivity contribution in [1.29, 1.82) is 0 Å².